The summed E-state index contributed by atoms with van der Waals surface area (Å²) in [7, 11) is -2.90. The Bertz CT molecular complexity index is 1100. The first-order valence-electron chi connectivity index (χ1n) is 9.79. The molecule has 0 amide bonds. The minimum Gasteiger partial charge on any atom is -0.382 e. The van der Waals surface area contributed by atoms with E-state index >= 15 is 0 Å². The minimum atomic E-state index is -4.33. The lowest BCUT2D eigenvalue weighted by Gasteiger charge is -2.28. The molecule has 7 atom stereocenters. The molecule has 4 unspecified atom stereocenters. The van der Waals surface area contributed by atoms with E-state index in [2.05, 4.69) is 15.0 Å². The average molecular weight is 509 g/mol. The lowest BCUT2D eigenvalue weighted by molar-refractivity contribution is -0.0526. The molecule has 178 valence electrons. The van der Waals surface area contributed by atoms with Crippen LogP contribution < -0.4 is 5.73 Å². The molecule has 0 spiro atoms. The molecule has 32 heavy (non-hydrogen) atoms. The fourth-order valence-corrected chi connectivity index (χ4v) is 7.18. The van der Waals surface area contributed by atoms with Gasteiger partial charge < -0.3 is 34.4 Å². The Kier molecular flexibility index (Phi) is 6.49. The van der Waals surface area contributed by atoms with Gasteiger partial charge in [0.05, 0.1) is 24.2 Å². The van der Waals surface area contributed by atoms with E-state index in [1.807, 2.05) is 0 Å². The third-order valence-corrected chi connectivity index (χ3v) is 8.59. The highest BCUT2D eigenvalue weighted by Gasteiger charge is 2.62. The summed E-state index contributed by atoms with van der Waals surface area (Å²) in [6, 6.07) is 0. The van der Waals surface area contributed by atoms with Gasteiger partial charge in [0.1, 0.15) is 24.1 Å². The van der Waals surface area contributed by atoms with E-state index in [9.17, 15) is 19.2 Å². The van der Waals surface area contributed by atoms with E-state index in [-0.39, 0.29) is 12.2 Å². The van der Waals surface area contributed by atoms with Crippen LogP contribution in [0.4, 0.5) is 5.82 Å². The third-order valence-electron chi connectivity index (χ3n) is 5.42. The summed E-state index contributed by atoms with van der Waals surface area (Å²) in [4.78, 5) is 42.2. The van der Waals surface area contributed by atoms with Crippen molar-refractivity contribution in [2.75, 3.05) is 12.8 Å². The van der Waals surface area contributed by atoms with Crippen molar-refractivity contribution < 1.29 is 37.8 Å². The molecule has 1 saturated carbocycles. The first kappa shape index (κ1) is 24.1. The van der Waals surface area contributed by atoms with Crippen LogP contribution in [0.15, 0.2) is 12.7 Å². The third kappa shape index (κ3) is 4.62. The number of hydrogen-bond donors (Lipinski definition) is 4. The maximum Gasteiger partial charge on any atom is 0.328 e. The maximum absolute atomic E-state index is 11.8. The quantitative estimate of drug-likeness (QED) is 0.369. The molecule has 2 fully saturated rings. The van der Waals surface area contributed by atoms with Crippen LogP contribution in [0, 0.1) is 5.92 Å². The Hall–Kier alpha value is -1.05. The number of ether oxygens (including phenoxy) is 2. The van der Waals surface area contributed by atoms with Crippen LogP contribution in [0.25, 0.3) is 11.2 Å². The van der Waals surface area contributed by atoms with Crippen molar-refractivity contribution >= 4 is 43.1 Å². The van der Waals surface area contributed by atoms with Gasteiger partial charge in [0.15, 0.2) is 17.7 Å². The highest BCUT2D eigenvalue weighted by atomic mass is 32.5. The predicted molar refractivity (Wildman–Crippen MR) is 116 cm³/mol. The van der Waals surface area contributed by atoms with Crippen LogP contribution in [0.1, 0.15) is 26.5 Å². The van der Waals surface area contributed by atoms with Crippen molar-refractivity contribution in [3.63, 3.8) is 0 Å². The molecule has 1 aliphatic heterocycles. The number of fused-ring (bicyclic) bond motifs is 1. The SMILES string of the molecule is CO[C@H]1C(OP(O)(=S)OC(C)C)[C@@H](C2CC2P(=O)(O)O)O[C@H]1n1cnc2c(N)ncnc21. The summed E-state index contributed by atoms with van der Waals surface area (Å²) in [5, 5.41) is 0. The fourth-order valence-electron chi connectivity index (χ4n) is 4.05. The molecule has 0 aromatic carbocycles. The number of nitrogens with zero attached hydrogens (tertiary/aromatic N) is 4. The van der Waals surface area contributed by atoms with Crippen LogP contribution in [0.3, 0.4) is 0 Å². The number of nitrogens with two attached hydrogens (primary N) is 1. The van der Waals surface area contributed by atoms with E-state index < -0.39 is 56.5 Å². The number of imidazole rings is 1. The highest BCUT2D eigenvalue weighted by Crippen LogP contribution is 2.63. The predicted octanol–water partition coefficient (Wildman–Crippen LogP) is 0.914. The van der Waals surface area contributed by atoms with Gasteiger partial charge in [-0.05, 0) is 32.1 Å². The topological polar surface area (TPSA) is 184 Å². The Balaban J connectivity index is 1.70. The molecule has 3 heterocycles. The smallest absolute Gasteiger partial charge is 0.328 e. The van der Waals surface area contributed by atoms with E-state index in [0.29, 0.717) is 11.2 Å². The van der Waals surface area contributed by atoms with Crippen LogP contribution in [0.2, 0.25) is 0 Å². The summed E-state index contributed by atoms with van der Waals surface area (Å²) in [5.74, 6) is -0.336. The number of aromatic nitrogens is 4. The van der Waals surface area contributed by atoms with Crippen LogP contribution in [-0.4, -0.2) is 71.4 Å². The normalized spacial score (nSPS) is 32.5. The molecule has 13 nitrogen and oxygen atoms in total. The van der Waals surface area contributed by atoms with E-state index in [0.717, 1.165) is 0 Å². The van der Waals surface area contributed by atoms with Gasteiger partial charge >= 0.3 is 14.3 Å². The molecule has 2 aromatic rings. The minimum absolute atomic E-state index is 0.185. The fraction of sp³-hybridized carbons (Fsp3) is 0.688. The summed E-state index contributed by atoms with van der Waals surface area (Å²) in [5.41, 5.74) is 5.74. The number of hydrogen-bond acceptors (Lipinski definition) is 10. The monoisotopic (exact) mass is 509 g/mol. The molecule has 5 N–H and O–H groups in total. The van der Waals surface area contributed by atoms with Gasteiger partial charge in [-0.25, -0.2) is 15.0 Å². The van der Waals surface area contributed by atoms with Gasteiger partial charge in [-0.2, -0.15) is 0 Å². The van der Waals surface area contributed by atoms with Crippen molar-refractivity contribution in [2.45, 2.75) is 56.6 Å². The molecule has 1 aliphatic carbocycles. The van der Waals surface area contributed by atoms with Gasteiger partial charge in [0.2, 0.25) is 0 Å². The van der Waals surface area contributed by atoms with E-state index in [1.165, 1.54) is 19.8 Å². The Morgan fingerprint density at radius 2 is 2.00 bits per heavy atom. The zero-order valence-electron chi connectivity index (χ0n) is 17.5. The average Bonchev–Trinajstić information content (AvgIpc) is 3.24. The molecule has 16 heteroatoms. The van der Waals surface area contributed by atoms with Gasteiger partial charge in [-0.15, -0.1) is 0 Å². The number of nitrogen functional groups attached to an aromatic ring is 1. The van der Waals surface area contributed by atoms with Crippen LogP contribution in [0.5, 0.6) is 0 Å². The standard InChI is InChI=1S/C16H25N5O8P2S/c1-7(2)28-31(25,32)29-12-11(8-4-9(8)30(22,23)24)27-16(13(12)26-3)21-6-20-10-14(17)18-5-19-15(10)21/h5-9,11-13,16H,4H2,1-3H3,(H,25,32)(H2,17,18,19)(H2,22,23,24)/t8?,9?,11-,12?,13+,16-,31?/m1/s1. The Morgan fingerprint density at radius 1 is 1.28 bits per heavy atom. The van der Waals surface area contributed by atoms with Crippen LogP contribution in [-0.2, 0) is 34.9 Å². The van der Waals surface area contributed by atoms with E-state index in [1.54, 1.807) is 18.4 Å². The number of methoxy groups -OCH3 is 1. The maximum atomic E-state index is 11.8. The Morgan fingerprint density at radius 3 is 2.59 bits per heavy atom. The van der Waals surface area contributed by atoms with E-state index in [4.69, 9.17) is 36.1 Å². The lowest BCUT2D eigenvalue weighted by atomic mass is 10.1. The number of rotatable bonds is 8. The van der Waals surface area contributed by atoms with Gasteiger partial charge in [0, 0.05) is 13.0 Å². The first-order chi connectivity index (χ1) is 14.9. The molecule has 4 rings (SSSR count). The molecule has 1 saturated heterocycles. The van der Waals surface area contributed by atoms with Crippen molar-refractivity contribution in [3.8, 4) is 0 Å². The zero-order chi connectivity index (χ0) is 23.4. The van der Waals surface area contributed by atoms with Crippen molar-refractivity contribution in [1.82, 2.24) is 19.5 Å². The summed E-state index contributed by atoms with van der Waals surface area (Å²) >= 11 is 5.15. The molecular formula is C16H25N5O8P2S. The molecular weight excluding hydrogens is 484 g/mol. The Labute approximate surface area is 188 Å². The van der Waals surface area contributed by atoms with Crippen molar-refractivity contribution in [2.24, 2.45) is 5.92 Å². The zero-order valence-corrected chi connectivity index (χ0v) is 20.1. The second kappa shape index (κ2) is 8.62. The molecule has 0 radical (unpaired) electrons. The summed E-state index contributed by atoms with van der Waals surface area (Å²) in [6.45, 7) is -0.307. The molecule has 0 bridgehead atoms. The van der Waals surface area contributed by atoms with Crippen molar-refractivity contribution in [1.29, 1.82) is 0 Å². The second-order valence-corrected chi connectivity index (χ2v) is 12.6. The molecule has 2 aromatic heterocycles. The lowest BCUT2D eigenvalue weighted by Crippen LogP contribution is -2.37. The number of anilines is 1. The van der Waals surface area contributed by atoms with Crippen LogP contribution >= 0.6 is 14.3 Å². The summed E-state index contributed by atoms with van der Waals surface area (Å²) < 4.78 is 36.4. The molecule has 2 aliphatic rings. The van der Waals surface area contributed by atoms with Gasteiger partial charge in [-0.1, -0.05) is 0 Å². The highest BCUT2D eigenvalue weighted by molar-refractivity contribution is 8.07. The largest absolute Gasteiger partial charge is 0.382 e. The van der Waals surface area contributed by atoms with Crippen molar-refractivity contribution in [3.05, 3.63) is 12.7 Å². The second-order valence-electron chi connectivity index (χ2n) is 8.02. The van der Waals surface area contributed by atoms with Gasteiger partial charge in [0.25, 0.3) is 0 Å². The first-order valence-corrected chi connectivity index (χ1v) is 14.1. The summed E-state index contributed by atoms with van der Waals surface area (Å²) in [6.07, 6.45) is -0.882. The van der Waals surface area contributed by atoms with Gasteiger partial charge in [-0.3, -0.25) is 13.7 Å².